The van der Waals surface area contributed by atoms with Gasteiger partial charge in [0.15, 0.2) is 0 Å². The quantitative estimate of drug-likeness (QED) is 0.456. The van der Waals surface area contributed by atoms with Crippen molar-refractivity contribution in [2.75, 3.05) is 0 Å². The highest BCUT2D eigenvalue weighted by Gasteiger charge is 2.49. The molecule has 1 spiro atoms. The van der Waals surface area contributed by atoms with Crippen LogP contribution in [-0.4, -0.2) is 9.97 Å². The minimum atomic E-state index is -2.99. The van der Waals surface area contributed by atoms with Gasteiger partial charge in [0.2, 0.25) is 0 Å². The minimum absolute atomic E-state index is 0.0695. The summed E-state index contributed by atoms with van der Waals surface area (Å²) in [7, 11) is 0. The van der Waals surface area contributed by atoms with E-state index in [0.717, 1.165) is 17.1 Å². The average molecular weight is 441 g/mol. The predicted octanol–water partition coefficient (Wildman–Crippen LogP) is 7.01. The number of imidazole rings is 1. The molecular weight excluding hydrogens is 422 g/mol. The molecular formula is C23H19BrF2N2. The van der Waals surface area contributed by atoms with Crippen LogP contribution in [0.5, 0.6) is 0 Å². The second kappa shape index (κ2) is 5.53. The molecule has 0 radical (unpaired) electrons. The van der Waals surface area contributed by atoms with Crippen molar-refractivity contribution in [3.05, 3.63) is 64.0 Å². The molecule has 5 heteroatoms. The molecule has 6 rings (SSSR count). The Morgan fingerprint density at radius 1 is 1.00 bits per heavy atom. The molecule has 0 unspecified atom stereocenters. The zero-order valence-electron chi connectivity index (χ0n) is 15.2. The molecule has 2 aromatic carbocycles. The molecule has 0 saturated heterocycles. The molecule has 3 aromatic rings. The summed E-state index contributed by atoms with van der Waals surface area (Å²) in [6.45, 7) is 0. The van der Waals surface area contributed by atoms with E-state index in [0.29, 0.717) is 26.9 Å². The van der Waals surface area contributed by atoms with Crippen LogP contribution in [0.2, 0.25) is 0 Å². The number of alkyl halides is 2. The number of nitrogens with one attached hydrogen (secondary N) is 1. The Labute approximate surface area is 170 Å². The molecule has 3 aliphatic rings. The van der Waals surface area contributed by atoms with Crippen LogP contribution in [0.4, 0.5) is 8.78 Å². The fraction of sp³-hybridized carbons (Fsp3) is 0.348. The number of rotatable bonds is 2. The molecule has 1 heterocycles. The lowest BCUT2D eigenvalue weighted by Crippen LogP contribution is -2.11. The maximum absolute atomic E-state index is 15.1. The highest BCUT2D eigenvalue weighted by Crippen LogP contribution is 2.61. The first kappa shape index (κ1) is 16.9. The van der Waals surface area contributed by atoms with Crippen molar-refractivity contribution in [3.63, 3.8) is 0 Å². The van der Waals surface area contributed by atoms with Crippen molar-refractivity contribution >= 4 is 15.9 Å². The van der Waals surface area contributed by atoms with Crippen molar-refractivity contribution < 1.29 is 8.78 Å². The maximum atomic E-state index is 15.1. The van der Waals surface area contributed by atoms with E-state index in [4.69, 9.17) is 0 Å². The number of benzene rings is 2. The minimum Gasteiger partial charge on any atom is -0.342 e. The van der Waals surface area contributed by atoms with Crippen molar-refractivity contribution in [3.8, 4) is 22.4 Å². The first-order chi connectivity index (χ1) is 13.5. The Hall–Kier alpha value is -2.01. The summed E-state index contributed by atoms with van der Waals surface area (Å²) in [4.78, 5) is 8.02. The number of fused-ring (bicyclic) bond motifs is 3. The SMILES string of the molecule is FC1(F)c2cc(Br)ccc2-c2ccc(-c3cnc([C@H]4CCC5(CC5)C4)[nH]3)cc21. The van der Waals surface area contributed by atoms with E-state index < -0.39 is 5.92 Å². The average Bonchev–Trinajstić information content (AvgIpc) is 3.03. The zero-order valence-corrected chi connectivity index (χ0v) is 16.8. The Bertz CT molecular complexity index is 1110. The Kier molecular flexibility index (Phi) is 3.34. The third-order valence-electron chi connectivity index (χ3n) is 6.92. The van der Waals surface area contributed by atoms with E-state index >= 15 is 8.78 Å². The van der Waals surface area contributed by atoms with Crippen LogP contribution in [0.3, 0.4) is 0 Å². The first-order valence-corrected chi connectivity index (χ1v) is 10.6. The van der Waals surface area contributed by atoms with Gasteiger partial charge in [-0.15, -0.1) is 0 Å². The van der Waals surface area contributed by atoms with Crippen LogP contribution in [-0.2, 0) is 5.92 Å². The number of halogens is 3. The number of H-pyrrole nitrogens is 1. The molecule has 1 N–H and O–H groups in total. The summed E-state index contributed by atoms with van der Waals surface area (Å²) < 4.78 is 30.9. The molecule has 28 heavy (non-hydrogen) atoms. The Balaban J connectivity index is 1.37. The fourth-order valence-electron chi connectivity index (χ4n) is 5.12. The van der Waals surface area contributed by atoms with Crippen molar-refractivity contribution in [1.82, 2.24) is 9.97 Å². The summed E-state index contributed by atoms with van der Waals surface area (Å²) in [6.07, 6.45) is 8.20. The fourth-order valence-corrected chi connectivity index (χ4v) is 5.49. The Morgan fingerprint density at radius 3 is 2.50 bits per heavy atom. The van der Waals surface area contributed by atoms with Gasteiger partial charge in [-0.2, -0.15) is 8.78 Å². The topological polar surface area (TPSA) is 28.7 Å². The Morgan fingerprint density at radius 2 is 1.75 bits per heavy atom. The normalized spacial score (nSPS) is 23.0. The van der Waals surface area contributed by atoms with Crippen molar-refractivity contribution in [1.29, 1.82) is 0 Å². The van der Waals surface area contributed by atoms with E-state index in [-0.39, 0.29) is 11.1 Å². The van der Waals surface area contributed by atoms with E-state index in [1.54, 1.807) is 18.3 Å². The lowest BCUT2D eigenvalue weighted by atomic mass is 10.0. The summed E-state index contributed by atoms with van der Waals surface area (Å²) in [5.41, 5.74) is 3.55. The number of hydrogen-bond acceptors (Lipinski definition) is 1. The summed E-state index contributed by atoms with van der Waals surface area (Å²) in [5, 5.41) is 0. The molecule has 2 saturated carbocycles. The van der Waals surface area contributed by atoms with Gasteiger partial charge in [-0.3, -0.25) is 0 Å². The first-order valence-electron chi connectivity index (χ1n) is 9.83. The summed E-state index contributed by atoms with van der Waals surface area (Å²) in [6, 6.07) is 10.5. The van der Waals surface area contributed by atoms with Crippen molar-refractivity contribution in [2.24, 2.45) is 5.41 Å². The number of aromatic amines is 1. The second-order valence-electron chi connectivity index (χ2n) is 8.65. The van der Waals surface area contributed by atoms with Gasteiger partial charge in [0.25, 0.3) is 5.92 Å². The molecule has 0 amide bonds. The van der Waals surface area contributed by atoms with Crippen LogP contribution < -0.4 is 0 Å². The molecule has 2 nitrogen and oxygen atoms in total. The number of nitrogens with zero attached hydrogens (tertiary/aromatic N) is 1. The van der Waals surface area contributed by atoms with Crippen LogP contribution >= 0.6 is 15.9 Å². The molecule has 3 aliphatic carbocycles. The highest BCUT2D eigenvalue weighted by molar-refractivity contribution is 9.10. The number of hydrogen-bond donors (Lipinski definition) is 1. The monoisotopic (exact) mass is 440 g/mol. The van der Waals surface area contributed by atoms with Crippen LogP contribution in [0, 0.1) is 5.41 Å². The predicted molar refractivity (Wildman–Crippen MR) is 108 cm³/mol. The van der Waals surface area contributed by atoms with Gasteiger partial charge in [0.05, 0.1) is 11.9 Å². The smallest absolute Gasteiger partial charge is 0.299 e. The van der Waals surface area contributed by atoms with Crippen LogP contribution in [0.1, 0.15) is 55.0 Å². The molecule has 2 fully saturated rings. The third kappa shape index (κ3) is 2.38. The van der Waals surface area contributed by atoms with Gasteiger partial charge in [-0.1, -0.05) is 34.1 Å². The lowest BCUT2D eigenvalue weighted by Gasteiger charge is -2.13. The van der Waals surface area contributed by atoms with Gasteiger partial charge in [-0.25, -0.2) is 4.98 Å². The number of aromatic nitrogens is 2. The largest absolute Gasteiger partial charge is 0.342 e. The highest BCUT2D eigenvalue weighted by atomic mass is 79.9. The molecule has 1 aromatic heterocycles. The van der Waals surface area contributed by atoms with E-state index in [9.17, 15) is 0 Å². The summed E-state index contributed by atoms with van der Waals surface area (Å²) in [5.74, 6) is -1.50. The van der Waals surface area contributed by atoms with Gasteiger partial charge in [0, 0.05) is 27.1 Å². The maximum Gasteiger partial charge on any atom is 0.299 e. The zero-order chi connectivity index (χ0) is 19.1. The van der Waals surface area contributed by atoms with Crippen molar-refractivity contribution in [2.45, 2.75) is 43.9 Å². The standard InChI is InChI=1S/C23H19BrF2N2/c24-15-2-4-17-16-3-1-13(9-18(16)23(25,26)19(17)10-15)20-12-27-21(28-20)14-5-6-22(11-14)7-8-22/h1-4,9-10,12,14H,5-8,11H2,(H,27,28)/t14-/m0/s1. The van der Waals surface area contributed by atoms with Gasteiger partial charge >= 0.3 is 0 Å². The summed E-state index contributed by atoms with van der Waals surface area (Å²) >= 11 is 3.31. The second-order valence-corrected chi connectivity index (χ2v) is 9.56. The lowest BCUT2D eigenvalue weighted by molar-refractivity contribution is 0.0480. The molecule has 0 aliphatic heterocycles. The van der Waals surface area contributed by atoms with Crippen LogP contribution in [0.15, 0.2) is 47.1 Å². The van der Waals surface area contributed by atoms with E-state index in [1.165, 1.54) is 38.2 Å². The van der Waals surface area contributed by atoms with Gasteiger partial charge in [0.1, 0.15) is 5.82 Å². The van der Waals surface area contributed by atoms with E-state index in [2.05, 4.69) is 25.9 Å². The van der Waals surface area contributed by atoms with Crippen LogP contribution in [0.25, 0.3) is 22.4 Å². The van der Waals surface area contributed by atoms with Gasteiger partial charge in [-0.05, 0) is 66.8 Å². The molecule has 0 bridgehead atoms. The molecule has 142 valence electrons. The van der Waals surface area contributed by atoms with E-state index in [1.807, 2.05) is 18.2 Å². The van der Waals surface area contributed by atoms with Gasteiger partial charge < -0.3 is 4.98 Å². The molecule has 1 atom stereocenters. The third-order valence-corrected chi connectivity index (χ3v) is 7.41.